The molecule has 78 valence electrons. The Hall–Kier alpha value is -0.980. The van der Waals surface area contributed by atoms with Gasteiger partial charge in [0.05, 0.1) is 0 Å². The first-order chi connectivity index (χ1) is 6.88. The lowest BCUT2D eigenvalue weighted by molar-refractivity contribution is 0.704. The number of benzene rings is 1. The smallest absolute Gasteiger partial charge is 0.0366 e. The van der Waals surface area contributed by atoms with E-state index in [1.807, 2.05) is 0 Å². The molecule has 0 bridgehead atoms. The van der Waals surface area contributed by atoms with Gasteiger partial charge in [-0.2, -0.15) is 0 Å². The molecule has 0 amide bonds. The molecule has 1 rings (SSSR count). The van der Waals surface area contributed by atoms with Crippen molar-refractivity contribution in [3.05, 3.63) is 30.3 Å². The minimum Gasteiger partial charge on any atom is -0.372 e. The minimum atomic E-state index is 1.17. The molecule has 0 saturated heterocycles. The normalized spacial score (nSPS) is 10.1. The van der Waals surface area contributed by atoms with E-state index in [1.165, 1.54) is 38.0 Å². The average molecular weight is 191 g/mol. The van der Waals surface area contributed by atoms with Crippen LogP contribution >= 0.6 is 0 Å². The van der Waals surface area contributed by atoms with E-state index < -0.39 is 0 Å². The van der Waals surface area contributed by atoms with Gasteiger partial charge in [0.2, 0.25) is 0 Å². The number of nitrogens with zero attached hydrogens (tertiary/aromatic N) is 1. The average Bonchev–Trinajstić information content (AvgIpc) is 2.25. The molecule has 0 spiro atoms. The van der Waals surface area contributed by atoms with E-state index in [4.69, 9.17) is 0 Å². The van der Waals surface area contributed by atoms with Crippen LogP contribution in [0.5, 0.6) is 0 Å². The van der Waals surface area contributed by atoms with Crippen LogP contribution in [0.2, 0.25) is 0 Å². The molecule has 0 aliphatic carbocycles. The summed E-state index contributed by atoms with van der Waals surface area (Å²) in [5.74, 6) is 0. The maximum absolute atomic E-state index is 2.48. The molecule has 0 aliphatic heterocycles. The van der Waals surface area contributed by atoms with Crippen molar-refractivity contribution < 1.29 is 0 Å². The van der Waals surface area contributed by atoms with Crippen LogP contribution in [0.4, 0.5) is 5.69 Å². The van der Waals surface area contributed by atoms with Crippen LogP contribution in [-0.2, 0) is 0 Å². The van der Waals surface area contributed by atoms with Gasteiger partial charge in [0.1, 0.15) is 0 Å². The van der Waals surface area contributed by atoms with Gasteiger partial charge in [-0.05, 0) is 25.0 Å². The second kappa shape index (κ2) is 6.47. The molecule has 0 aliphatic rings. The Balaban J connectivity index is 2.58. The molecule has 0 heterocycles. The molecule has 0 unspecified atom stereocenters. The van der Waals surface area contributed by atoms with Gasteiger partial charge in [-0.3, -0.25) is 0 Å². The van der Waals surface area contributed by atoms with Gasteiger partial charge in [0, 0.05) is 18.8 Å². The Morgan fingerprint density at radius 1 is 0.929 bits per heavy atom. The first-order valence-corrected chi connectivity index (χ1v) is 5.68. The van der Waals surface area contributed by atoms with Crippen molar-refractivity contribution in [3.8, 4) is 0 Å². The highest BCUT2D eigenvalue weighted by molar-refractivity contribution is 5.45. The number of hydrogen-bond acceptors (Lipinski definition) is 1. The third kappa shape index (κ3) is 3.41. The summed E-state index contributed by atoms with van der Waals surface area (Å²) < 4.78 is 0. The van der Waals surface area contributed by atoms with Gasteiger partial charge in [-0.1, -0.05) is 38.5 Å². The highest BCUT2D eigenvalue weighted by Crippen LogP contribution is 2.14. The summed E-state index contributed by atoms with van der Waals surface area (Å²) >= 11 is 0. The predicted octanol–water partition coefficient (Wildman–Crippen LogP) is 3.70. The van der Waals surface area contributed by atoms with Crippen molar-refractivity contribution >= 4 is 5.69 Å². The largest absolute Gasteiger partial charge is 0.372 e. The molecule has 0 fully saturated rings. The maximum Gasteiger partial charge on any atom is 0.0366 e. The van der Waals surface area contributed by atoms with Gasteiger partial charge in [-0.15, -0.1) is 0 Å². The first-order valence-electron chi connectivity index (χ1n) is 5.68. The molecule has 0 aromatic heterocycles. The standard InChI is InChI=1S/C13H21N/c1-3-5-12-14(11-4-2)13-9-7-6-8-10-13/h6-10H,3-5,11-12H2,1-2H3. The number of hydrogen-bond donors (Lipinski definition) is 0. The summed E-state index contributed by atoms with van der Waals surface area (Å²) in [7, 11) is 0. The summed E-state index contributed by atoms with van der Waals surface area (Å²) in [4.78, 5) is 2.48. The molecule has 0 saturated carbocycles. The van der Waals surface area contributed by atoms with Crippen LogP contribution in [0, 0.1) is 0 Å². The van der Waals surface area contributed by atoms with E-state index in [0.29, 0.717) is 0 Å². The van der Waals surface area contributed by atoms with Gasteiger partial charge in [-0.25, -0.2) is 0 Å². The van der Waals surface area contributed by atoms with Gasteiger partial charge in [0.25, 0.3) is 0 Å². The summed E-state index contributed by atoms with van der Waals surface area (Å²) in [6.07, 6.45) is 3.78. The Kier molecular flexibility index (Phi) is 5.13. The van der Waals surface area contributed by atoms with Crippen molar-refractivity contribution in [3.63, 3.8) is 0 Å². The molecule has 0 atom stereocenters. The number of para-hydroxylation sites is 1. The molecule has 1 nitrogen and oxygen atoms in total. The van der Waals surface area contributed by atoms with E-state index in [2.05, 4.69) is 49.1 Å². The molecular formula is C13H21N. The van der Waals surface area contributed by atoms with Gasteiger partial charge < -0.3 is 4.90 Å². The number of unbranched alkanes of at least 4 members (excludes halogenated alkanes) is 1. The lowest BCUT2D eigenvalue weighted by Crippen LogP contribution is -2.24. The fourth-order valence-corrected chi connectivity index (χ4v) is 1.63. The topological polar surface area (TPSA) is 3.24 Å². The fourth-order valence-electron chi connectivity index (χ4n) is 1.63. The minimum absolute atomic E-state index is 1.17. The number of rotatable bonds is 6. The monoisotopic (exact) mass is 191 g/mol. The zero-order chi connectivity index (χ0) is 10.2. The lowest BCUT2D eigenvalue weighted by atomic mass is 10.2. The molecule has 1 aromatic rings. The molecule has 14 heavy (non-hydrogen) atoms. The van der Waals surface area contributed by atoms with Crippen LogP contribution < -0.4 is 4.90 Å². The molecule has 0 radical (unpaired) electrons. The van der Waals surface area contributed by atoms with Crippen LogP contribution in [-0.4, -0.2) is 13.1 Å². The third-order valence-electron chi connectivity index (χ3n) is 2.40. The highest BCUT2D eigenvalue weighted by Gasteiger charge is 2.02. The SMILES string of the molecule is CCCCN(CCC)c1ccccc1. The summed E-state index contributed by atoms with van der Waals surface area (Å²) in [6.45, 7) is 6.84. The van der Waals surface area contributed by atoms with Crippen LogP contribution in [0.15, 0.2) is 30.3 Å². The summed E-state index contributed by atoms with van der Waals surface area (Å²) in [5, 5.41) is 0. The molecule has 0 N–H and O–H groups in total. The van der Waals surface area contributed by atoms with Crippen LogP contribution in [0.3, 0.4) is 0 Å². The van der Waals surface area contributed by atoms with Crippen molar-refractivity contribution in [1.82, 2.24) is 0 Å². The fraction of sp³-hybridized carbons (Fsp3) is 0.538. The maximum atomic E-state index is 2.48. The quantitative estimate of drug-likeness (QED) is 0.662. The van der Waals surface area contributed by atoms with Crippen molar-refractivity contribution in [2.75, 3.05) is 18.0 Å². The summed E-state index contributed by atoms with van der Waals surface area (Å²) in [5.41, 5.74) is 1.36. The van der Waals surface area contributed by atoms with Crippen molar-refractivity contribution in [2.24, 2.45) is 0 Å². The van der Waals surface area contributed by atoms with E-state index in [-0.39, 0.29) is 0 Å². The second-order valence-electron chi connectivity index (χ2n) is 3.68. The molecule has 1 aromatic carbocycles. The molecular weight excluding hydrogens is 170 g/mol. The third-order valence-corrected chi connectivity index (χ3v) is 2.40. The Labute approximate surface area is 87.7 Å². The van der Waals surface area contributed by atoms with Gasteiger partial charge >= 0.3 is 0 Å². The van der Waals surface area contributed by atoms with E-state index in [9.17, 15) is 0 Å². The second-order valence-corrected chi connectivity index (χ2v) is 3.68. The van der Waals surface area contributed by atoms with E-state index in [1.54, 1.807) is 0 Å². The first kappa shape index (κ1) is 11.1. The zero-order valence-electron chi connectivity index (χ0n) is 9.37. The van der Waals surface area contributed by atoms with Crippen molar-refractivity contribution in [1.29, 1.82) is 0 Å². The molecule has 1 heteroatoms. The predicted molar refractivity (Wildman–Crippen MR) is 63.9 cm³/mol. The Bertz CT molecular complexity index is 230. The lowest BCUT2D eigenvalue weighted by Gasteiger charge is -2.24. The van der Waals surface area contributed by atoms with Crippen molar-refractivity contribution in [2.45, 2.75) is 33.1 Å². The highest BCUT2D eigenvalue weighted by atomic mass is 15.1. The van der Waals surface area contributed by atoms with Crippen LogP contribution in [0.25, 0.3) is 0 Å². The zero-order valence-corrected chi connectivity index (χ0v) is 9.37. The Morgan fingerprint density at radius 2 is 1.64 bits per heavy atom. The van der Waals surface area contributed by atoms with E-state index in [0.717, 1.165) is 0 Å². The van der Waals surface area contributed by atoms with Crippen LogP contribution in [0.1, 0.15) is 33.1 Å². The summed E-state index contributed by atoms with van der Waals surface area (Å²) in [6, 6.07) is 10.7. The van der Waals surface area contributed by atoms with Gasteiger partial charge in [0.15, 0.2) is 0 Å². The Morgan fingerprint density at radius 3 is 2.21 bits per heavy atom. The number of anilines is 1. The van der Waals surface area contributed by atoms with E-state index >= 15 is 0 Å².